The van der Waals surface area contributed by atoms with E-state index in [9.17, 15) is 5.11 Å². The molecule has 1 unspecified atom stereocenters. The lowest BCUT2D eigenvalue weighted by molar-refractivity contribution is 0.163. The second-order valence-electron chi connectivity index (χ2n) is 4.28. The third-order valence-electron chi connectivity index (χ3n) is 2.82. The van der Waals surface area contributed by atoms with Gasteiger partial charge in [0.1, 0.15) is 13.2 Å². The number of rotatable bonds is 3. The molecule has 1 aliphatic heterocycles. The van der Waals surface area contributed by atoms with E-state index in [1.54, 1.807) is 26.2 Å². The van der Waals surface area contributed by atoms with Gasteiger partial charge in [0.05, 0.1) is 19.3 Å². The van der Waals surface area contributed by atoms with Crippen molar-refractivity contribution < 1.29 is 19.3 Å². The number of methoxy groups -OCH3 is 1. The van der Waals surface area contributed by atoms with Gasteiger partial charge in [0.2, 0.25) is 5.75 Å². The Balaban J connectivity index is 2.50. The molecule has 2 rings (SSSR count). The van der Waals surface area contributed by atoms with Crippen LogP contribution in [0.15, 0.2) is 12.1 Å². The number of hydrogen-bond acceptors (Lipinski definition) is 5. The van der Waals surface area contributed by atoms with E-state index >= 15 is 0 Å². The fourth-order valence-electron chi connectivity index (χ4n) is 1.69. The fraction of sp³-hybridized carbons (Fsp3) is 0.500. The van der Waals surface area contributed by atoms with Crippen molar-refractivity contribution in [3.8, 4) is 17.2 Å². The molecule has 3 N–H and O–H groups in total. The summed E-state index contributed by atoms with van der Waals surface area (Å²) in [6.45, 7) is 2.59. The predicted molar refractivity (Wildman–Crippen MR) is 62.6 cm³/mol. The van der Waals surface area contributed by atoms with Gasteiger partial charge in [-0.15, -0.1) is 0 Å². The highest BCUT2D eigenvalue weighted by atomic mass is 16.6. The van der Waals surface area contributed by atoms with E-state index in [0.717, 1.165) is 5.56 Å². The van der Waals surface area contributed by atoms with Gasteiger partial charge >= 0.3 is 0 Å². The molecule has 0 aromatic heterocycles. The van der Waals surface area contributed by atoms with Gasteiger partial charge in [-0.3, -0.25) is 0 Å². The van der Waals surface area contributed by atoms with Crippen LogP contribution in [0.4, 0.5) is 0 Å². The molecule has 0 aliphatic carbocycles. The minimum absolute atomic E-state index is 0.157. The summed E-state index contributed by atoms with van der Waals surface area (Å²) in [6.07, 6.45) is 0. The molecule has 0 saturated carbocycles. The highest BCUT2D eigenvalue weighted by molar-refractivity contribution is 5.55. The first kappa shape index (κ1) is 12.0. The lowest BCUT2D eigenvalue weighted by Crippen LogP contribution is -2.37. The maximum atomic E-state index is 9.28. The molecule has 0 saturated heterocycles. The van der Waals surface area contributed by atoms with E-state index in [1.807, 2.05) is 0 Å². The van der Waals surface area contributed by atoms with Gasteiger partial charge in [0.15, 0.2) is 11.5 Å². The molecule has 1 aromatic rings. The molecule has 0 radical (unpaired) electrons. The molecule has 1 aliphatic rings. The van der Waals surface area contributed by atoms with Crippen LogP contribution in [0.25, 0.3) is 0 Å². The van der Waals surface area contributed by atoms with E-state index in [1.165, 1.54) is 0 Å². The minimum atomic E-state index is -0.830. The molecule has 1 aromatic carbocycles. The van der Waals surface area contributed by atoms with Crippen molar-refractivity contribution in [3.63, 3.8) is 0 Å². The smallest absolute Gasteiger partial charge is 0.203 e. The molecule has 0 amide bonds. The van der Waals surface area contributed by atoms with Gasteiger partial charge in [-0.05, 0) is 24.6 Å². The fourth-order valence-corrected chi connectivity index (χ4v) is 1.69. The van der Waals surface area contributed by atoms with Crippen molar-refractivity contribution in [2.45, 2.75) is 12.5 Å². The number of ether oxygens (including phenoxy) is 3. The van der Waals surface area contributed by atoms with Crippen LogP contribution in [0.5, 0.6) is 17.2 Å². The Kier molecular flexibility index (Phi) is 3.13. The van der Waals surface area contributed by atoms with E-state index in [2.05, 4.69) is 0 Å². The second-order valence-corrected chi connectivity index (χ2v) is 4.28. The maximum absolute atomic E-state index is 9.28. The van der Waals surface area contributed by atoms with E-state index < -0.39 is 5.54 Å². The van der Waals surface area contributed by atoms with Crippen molar-refractivity contribution >= 4 is 0 Å². The molecule has 0 fully saturated rings. The van der Waals surface area contributed by atoms with Gasteiger partial charge in [0, 0.05) is 0 Å². The zero-order valence-corrected chi connectivity index (χ0v) is 10.0. The molecule has 0 spiro atoms. The van der Waals surface area contributed by atoms with Gasteiger partial charge in [0.25, 0.3) is 0 Å². The van der Waals surface area contributed by atoms with Crippen molar-refractivity contribution in [3.05, 3.63) is 17.7 Å². The molecule has 0 bridgehead atoms. The largest absolute Gasteiger partial charge is 0.493 e. The topological polar surface area (TPSA) is 73.9 Å². The third kappa shape index (κ3) is 2.16. The van der Waals surface area contributed by atoms with Gasteiger partial charge in [-0.1, -0.05) is 0 Å². The maximum Gasteiger partial charge on any atom is 0.203 e. The number of fused-ring (bicyclic) bond motifs is 1. The lowest BCUT2D eigenvalue weighted by Gasteiger charge is -2.27. The molecule has 1 atom stereocenters. The Morgan fingerprint density at radius 2 is 2.12 bits per heavy atom. The number of aliphatic hydroxyl groups is 1. The van der Waals surface area contributed by atoms with E-state index in [-0.39, 0.29) is 6.61 Å². The third-order valence-corrected chi connectivity index (χ3v) is 2.82. The Morgan fingerprint density at radius 3 is 2.76 bits per heavy atom. The van der Waals surface area contributed by atoms with Gasteiger partial charge in [-0.2, -0.15) is 0 Å². The van der Waals surface area contributed by atoms with Crippen LogP contribution in [0.1, 0.15) is 12.5 Å². The minimum Gasteiger partial charge on any atom is -0.493 e. The summed E-state index contributed by atoms with van der Waals surface area (Å²) in [5, 5.41) is 9.28. The van der Waals surface area contributed by atoms with Crippen molar-refractivity contribution in [1.29, 1.82) is 0 Å². The van der Waals surface area contributed by atoms with Crippen LogP contribution in [0.3, 0.4) is 0 Å². The number of aliphatic hydroxyl groups excluding tert-OH is 1. The summed E-state index contributed by atoms with van der Waals surface area (Å²) < 4.78 is 16.2. The van der Waals surface area contributed by atoms with Crippen molar-refractivity contribution in [2.24, 2.45) is 5.73 Å². The highest BCUT2D eigenvalue weighted by Gasteiger charge is 2.26. The SMILES string of the molecule is COc1cc(C(C)(N)CO)cc2c1OCCO2. The van der Waals surface area contributed by atoms with Crippen LogP contribution in [-0.4, -0.2) is 32.0 Å². The summed E-state index contributed by atoms with van der Waals surface area (Å²) in [5.74, 6) is 1.77. The second kappa shape index (κ2) is 4.43. The van der Waals surface area contributed by atoms with E-state index in [4.69, 9.17) is 19.9 Å². The predicted octanol–water partition coefficient (Wildman–Crippen LogP) is 0.633. The van der Waals surface area contributed by atoms with Crippen LogP contribution >= 0.6 is 0 Å². The average molecular weight is 239 g/mol. The zero-order chi connectivity index (χ0) is 12.5. The van der Waals surface area contributed by atoms with Crippen molar-refractivity contribution in [1.82, 2.24) is 0 Å². The molecule has 5 nitrogen and oxygen atoms in total. The van der Waals surface area contributed by atoms with Crippen LogP contribution in [0, 0.1) is 0 Å². The van der Waals surface area contributed by atoms with Crippen LogP contribution < -0.4 is 19.9 Å². The number of benzene rings is 1. The normalized spacial score (nSPS) is 17.4. The molecular formula is C12H17NO4. The van der Waals surface area contributed by atoms with Crippen LogP contribution in [0.2, 0.25) is 0 Å². The number of hydrogen-bond donors (Lipinski definition) is 2. The average Bonchev–Trinajstić information content (AvgIpc) is 2.37. The standard InChI is InChI=1S/C12H17NO4/c1-12(13,7-14)8-5-9(15-2)11-10(6-8)16-3-4-17-11/h5-6,14H,3-4,7,13H2,1-2H3. The molecule has 17 heavy (non-hydrogen) atoms. The lowest BCUT2D eigenvalue weighted by atomic mass is 9.93. The summed E-state index contributed by atoms with van der Waals surface area (Å²) in [7, 11) is 1.56. The first-order valence-corrected chi connectivity index (χ1v) is 5.46. The Labute approximate surface area is 100 Å². The Morgan fingerprint density at radius 1 is 1.41 bits per heavy atom. The Hall–Kier alpha value is -1.46. The molecular weight excluding hydrogens is 222 g/mol. The number of nitrogens with two attached hydrogens (primary N) is 1. The first-order valence-electron chi connectivity index (χ1n) is 5.46. The monoisotopic (exact) mass is 239 g/mol. The molecule has 1 heterocycles. The first-order chi connectivity index (χ1) is 8.08. The summed E-state index contributed by atoms with van der Waals surface area (Å²) in [5.41, 5.74) is 5.91. The summed E-state index contributed by atoms with van der Waals surface area (Å²) in [4.78, 5) is 0. The van der Waals surface area contributed by atoms with Crippen LogP contribution in [-0.2, 0) is 5.54 Å². The Bertz CT molecular complexity index is 400. The highest BCUT2D eigenvalue weighted by Crippen LogP contribution is 2.42. The van der Waals surface area contributed by atoms with E-state index in [0.29, 0.717) is 30.5 Å². The zero-order valence-electron chi connectivity index (χ0n) is 10.0. The summed E-state index contributed by atoms with van der Waals surface area (Å²) >= 11 is 0. The van der Waals surface area contributed by atoms with Gasteiger partial charge < -0.3 is 25.1 Å². The quantitative estimate of drug-likeness (QED) is 0.809. The molecule has 94 valence electrons. The van der Waals surface area contributed by atoms with Gasteiger partial charge in [-0.25, -0.2) is 0 Å². The summed E-state index contributed by atoms with van der Waals surface area (Å²) in [6, 6.07) is 3.55. The van der Waals surface area contributed by atoms with Crippen molar-refractivity contribution in [2.75, 3.05) is 26.9 Å². The molecule has 5 heteroatoms.